The smallest absolute Gasteiger partial charge is 0.286 e. The van der Waals surface area contributed by atoms with Crippen molar-refractivity contribution in [3.63, 3.8) is 0 Å². The van der Waals surface area contributed by atoms with Crippen molar-refractivity contribution in [1.82, 2.24) is 5.32 Å². The van der Waals surface area contributed by atoms with E-state index in [1.54, 1.807) is 43.3 Å². The highest BCUT2D eigenvalue weighted by Crippen LogP contribution is 2.36. The Labute approximate surface area is 228 Å². The number of fused-ring (bicyclic) bond motifs is 2. The van der Waals surface area contributed by atoms with Crippen LogP contribution in [0.5, 0.6) is 5.75 Å². The van der Waals surface area contributed by atoms with E-state index in [4.69, 9.17) is 4.74 Å². The van der Waals surface area contributed by atoms with Crippen LogP contribution in [0.2, 0.25) is 0 Å². The van der Waals surface area contributed by atoms with E-state index in [9.17, 15) is 18.0 Å². The van der Waals surface area contributed by atoms with Gasteiger partial charge in [-0.2, -0.15) is 8.42 Å². The second-order valence-corrected chi connectivity index (χ2v) is 11.0. The van der Waals surface area contributed by atoms with Crippen LogP contribution in [0.1, 0.15) is 36.2 Å². The Bertz CT molecular complexity index is 1540. The van der Waals surface area contributed by atoms with E-state index < -0.39 is 22.0 Å². The molecule has 2 heterocycles. The van der Waals surface area contributed by atoms with Crippen LogP contribution in [-0.2, 0) is 21.2 Å². The summed E-state index contributed by atoms with van der Waals surface area (Å²) in [6, 6.07) is 21.4. The number of nitrogens with one attached hydrogen (secondary N) is 1. The fraction of sp³-hybridized carbons (Fsp3) is 0.276. The monoisotopic (exact) mass is 546 g/mol. The first-order valence-corrected chi connectivity index (χ1v) is 14.3. The second kappa shape index (κ2) is 10.9. The molecule has 10 heteroatoms. The highest BCUT2D eigenvalue weighted by molar-refractivity contribution is 7.90. The van der Waals surface area contributed by atoms with Crippen molar-refractivity contribution in [2.75, 3.05) is 29.4 Å². The lowest BCUT2D eigenvalue weighted by Gasteiger charge is -2.34. The number of hydrogen-bond acceptors (Lipinski definition) is 6. The molecule has 39 heavy (non-hydrogen) atoms. The van der Waals surface area contributed by atoms with Crippen molar-refractivity contribution in [1.29, 1.82) is 0 Å². The van der Waals surface area contributed by atoms with E-state index in [0.29, 0.717) is 42.5 Å². The normalized spacial score (nSPS) is 17.4. The van der Waals surface area contributed by atoms with Gasteiger partial charge in [0.25, 0.3) is 21.8 Å². The van der Waals surface area contributed by atoms with Gasteiger partial charge >= 0.3 is 0 Å². The molecule has 3 aromatic rings. The van der Waals surface area contributed by atoms with Crippen molar-refractivity contribution in [2.45, 2.75) is 37.7 Å². The van der Waals surface area contributed by atoms with Crippen LogP contribution in [-0.4, -0.2) is 51.8 Å². The van der Waals surface area contributed by atoms with E-state index >= 15 is 0 Å². The zero-order valence-electron chi connectivity index (χ0n) is 21.8. The Hall–Kier alpha value is -4.18. The summed E-state index contributed by atoms with van der Waals surface area (Å²) in [5.41, 5.74) is 2.30. The molecule has 3 aromatic carbocycles. The Kier molecular flexibility index (Phi) is 7.38. The fourth-order valence-electron chi connectivity index (χ4n) is 4.84. The number of benzene rings is 3. The predicted octanol–water partition coefficient (Wildman–Crippen LogP) is 3.79. The van der Waals surface area contributed by atoms with Crippen molar-refractivity contribution < 1.29 is 22.7 Å². The van der Waals surface area contributed by atoms with E-state index in [1.807, 2.05) is 42.2 Å². The van der Waals surface area contributed by atoms with Gasteiger partial charge in [-0.05, 0) is 55.7 Å². The molecule has 2 aliphatic heterocycles. The van der Waals surface area contributed by atoms with Gasteiger partial charge in [0.2, 0.25) is 0 Å². The van der Waals surface area contributed by atoms with E-state index in [0.717, 1.165) is 12.0 Å². The van der Waals surface area contributed by atoms with Gasteiger partial charge in [0, 0.05) is 18.7 Å². The third-order valence-corrected chi connectivity index (χ3v) is 8.12. The van der Waals surface area contributed by atoms with Gasteiger partial charge in [0.1, 0.15) is 16.5 Å². The van der Waals surface area contributed by atoms with Gasteiger partial charge in [0.05, 0.1) is 17.9 Å². The number of ether oxygens (including phenoxy) is 1. The molecule has 202 valence electrons. The Morgan fingerprint density at radius 2 is 1.77 bits per heavy atom. The number of nitrogens with zero attached hydrogens (tertiary/aromatic N) is 3. The molecular weight excluding hydrogens is 516 g/mol. The average Bonchev–Trinajstić information content (AvgIpc) is 2.94. The quantitative estimate of drug-likeness (QED) is 0.483. The number of rotatable bonds is 7. The zero-order valence-corrected chi connectivity index (χ0v) is 22.6. The highest BCUT2D eigenvalue weighted by Gasteiger charge is 2.35. The number of sulfonamides is 1. The maximum absolute atomic E-state index is 13.8. The van der Waals surface area contributed by atoms with Crippen molar-refractivity contribution >= 4 is 39.0 Å². The average molecular weight is 547 g/mol. The van der Waals surface area contributed by atoms with Crippen LogP contribution in [0.3, 0.4) is 0 Å². The maximum Gasteiger partial charge on any atom is 0.286 e. The number of carbonyl (C=O) groups is 2. The molecular formula is C29H30N4O5S. The van der Waals surface area contributed by atoms with Crippen LogP contribution in [0.25, 0.3) is 0 Å². The molecule has 0 aliphatic carbocycles. The minimum atomic E-state index is -3.96. The molecule has 0 saturated carbocycles. The lowest BCUT2D eigenvalue weighted by Crippen LogP contribution is -2.51. The van der Waals surface area contributed by atoms with Crippen LogP contribution in [0.15, 0.2) is 82.1 Å². The van der Waals surface area contributed by atoms with E-state index in [2.05, 4.69) is 9.71 Å². The molecule has 0 aromatic heterocycles. The lowest BCUT2D eigenvalue weighted by atomic mass is 10.1. The largest absolute Gasteiger partial charge is 0.477 e. The highest BCUT2D eigenvalue weighted by atomic mass is 32.2. The Balaban J connectivity index is 1.39. The summed E-state index contributed by atoms with van der Waals surface area (Å²) in [5, 5.41) is 2.90. The third kappa shape index (κ3) is 5.37. The number of para-hydroxylation sites is 2. The van der Waals surface area contributed by atoms with Gasteiger partial charge < -0.3 is 19.9 Å². The van der Waals surface area contributed by atoms with E-state index in [-0.39, 0.29) is 22.9 Å². The first-order valence-electron chi connectivity index (χ1n) is 12.9. The minimum absolute atomic E-state index is 0.0100. The molecule has 1 N–H and O–H groups in total. The molecule has 9 nitrogen and oxygen atoms in total. The molecule has 0 saturated heterocycles. The summed E-state index contributed by atoms with van der Waals surface area (Å²) < 4.78 is 35.7. The molecule has 0 radical (unpaired) electrons. The van der Waals surface area contributed by atoms with Crippen LogP contribution >= 0.6 is 0 Å². The number of anilines is 2. The number of amidine groups is 1. The van der Waals surface area contributed by atoms with E-state index in [1.165, 1.54) is 11.0 Å². The number of hydrogen-bond donors (Lipinski definition) is 1. The summed E-state index contributed by atoms with van der Waals surface area (Å²) in [6.45, 7) is 4.66. The van der Waals surface area contributed by atoms with Gasteiger partial charge in [-0.1, -0.05) is 49.4 Å². The summed E-state index contributed by atoms with van der Waals surface area (Å²) in [7, 11) is -3.96. The van der Waals surface area contributed by atoms with Gasteiger partial charge in [-0.3, -0.25) is 9.59 Å². The van der Waals surface area contributed by atoms with Gasteiger partial charge in [-0.25, -0.2) is 0 Å². The molecule has 1 atom stereocenters. The number of carbonyl (C=O) groups excluding carboxylic acids is 2. The fourth-order valence-corrected chi connectivity index (χ4v) is 6.10. The molecule has 0 fully saturated rings. The first kappa shape index (κ1) is 26.4. The van der Waals surface area contributed by atoms with Gasteiger partial charge in [0.15, 0.2) is 6.10 Å². The second-order valence-electron chi connectivity index (χ2n) is 9.46. The summed E-state index contributed by atoms with van der Waals surface area (Å²) >= 11 is 0. The SMILES string of the molecule is CCCN1C(C)=NS(=O)(=O)c2cc(C(=O)N3C[C@@H](C(=O)NCCc4ccccc4)Oc4ccccc43)ccc21. The summed E-state index contributed by atoms with van der Waals surface area (Å²) in [6.07, 6.45) is 0.541. The molecule has 2 aliphatic rings. The molecule has 0 spiro atoms. The topological polar surface area (TPSA) is 108 Å². The third-order valence-electron chi connectivity index (χ3n) is 6.73. The summed E-state index contributed by atoms with van der Waals surface area (Å²) in [4.78, 5) is 30.1. The molecule has 2 amide bonds. The molecule has 0 unspecified atom stereocenters. The standard InChI is InChI=1S/C29H30N4O5S/c1-3-17-32-20(2)31-39(36,37)27-18-22(13-14-24(27)32)29(35)33-19-26(38-25-12-8-7-11-23(25)33)28(34)30-16-15-21-9-5-4-6-10-21/h4-14,18,26H,3,15-17,19H2,1-2H3,(H,30,34)/t26-/m0/s1. The van der Waals surface area contributed by atoms with Crippen LogP contribution < -0.4 is 19.9 Å². The van der Waals surface area contributed by atoms with Crippen molar-refractivity contribution in [2.24, 2.45) is 4.40 Å². The Morgan fingerprint density at radius 3 is 2.54 bits per heavy atom. The lowest BCUT2D eigenvalue weighted by molar-refractivity contribution is -0.127. The maximum atomic E-state index is 13.8. The van der Waals surface area contributed by atoms with Crippen molar-refractivity contribution in [3.8, 4) is 5.75 Å². The summed E-state index contributed by atoms with van der Waals surface area (Å²) in [5.74, 6) is 0.0392. The molecule has 5 rings (SSSR count). The molecule has 0 bridgehead atoms. The van der Waals surface area contributed by atoms with Gasteiger partial charge in [-0.15, -0.1) is 4.40 Å². The number of amides is 2. The van der Waals surface area contributed by atoms with Crippen LogP contribution in [0, 0.1) is 0 Å². The predicted molar refractivity (Wildman–Crippen MR) is 150 cm³/mol. The zero-order chi connectivity index (χ0) is 27.6. The van der Waals surface area contributed by atoms with Crippen molar-refractivity contribution in [3.05, 3.63) is 83.9 Å². The first-order chi connectivity index (χ1) is 18.8. The minimum Gasteiger partial charge on any atom is -0.477 e. The Morgan fingerprint density at radius 1 is 1.03 bits per heavy atom. The van der Waals surface area contributed by atoms with Crippen LogP contribution in [0.4, 0.5) is 11.4 Å².